The molecule has 5 heteroatoms. The topological polar surface area (TPSA) is 55.1 Å². The van der Waals surface area contributed by atoms with Gasteiger partial charge in [0.1, 0.15) is 5.69 Å². The van der Waals surface area contributed by atoms with E-state index < -0.39 is 0 Å². The molecule has 0 amide bonds. The Morgan fingerprint density at radius 2 is 1.83 bits per heavy atom. The summed E-state index contributed by atoms with van der Waals surface area (Å²) in [4.78, 5) is 12.5. The van der Waals surface area contributed by atoms with E-state index >= 15 is 0 Å². The van der Waals surface area contributed by atoms with E-state index in [2.05, 4.69) is 5.10 Å². The van der Waals surface area contributed by atoms with Gasteiger partial charge in [0, 0.05) is 45.2 Å². The smallest absolute Gasteiger partial charge is 0.278 e. The van der Waals surface area contributed by atoms with Crippen molar-refractivity contribution in [2.24, 2.45) is 0 Å². The second-order valence-corrected chi connectivity index (χ2v) is 5.32. The van der Waals surface area contributed by atoms with Crippen LogP contribution in [-0.2, 0) is 39.3 Å². The van der Waals surface area contributed by atoms with Gasteiger partial charge in [-0.15, -0.1) is 0 Å². The molecule has 0 saturated heterocycles. The van der Waals surface area contributed by atoms with Gasteiger partial charge in [0.25, 0.3) is 5.56 Å². The summed E-state index contributed by atoms with van der Waals surface area (Å²) < 4.78 is 1.45. The van der Waals surface area contributed by atoms with Crippen LogP contribution in [0.1, 0.15) is 50.8 Å². The Morgan fingerprint density at radius 1 is 1.25 bits per heavy atom. The molecule has 1 aliphatic rings. The average molecular weight is 404 g/mol. The molecular formula is C19H27N2O2Y-. The molecule has 0 aliphatic heterocycles. The quantitative estimate of drug-likeness (QED) is 0.777. The molecule has 0 atom stereocenters. The molecule has 1 fully saturated rings. The van der Waals surface area contributed by atoms with Crippen LogP contribution in [0.2, 0.25) is 0 Å². The minimum Gasteiger partial charge on any atom is -0.505 e. The summed E-state index contributed by atoms with van der Waals surface area (Å²) >= 11 is 0. The number of benzene rings is 1. The van der Waals surface area contributed by atoms with Gasteiger partial charge in [-0.3, -0.25) is 4.79 Å². The molecule has 2 aromatic rings. The Bertz CT molecular complexity index is 722. The van der Waals surface area contributed by atoms with Crippen molar-refractivity contribution in [1.82, 2.24) is 9.78 Å². The van der Waals surface area contributed by atoms with Crippen LogP contribution >= 0.6 is 0 Å². The van der Waals surface area contributed by atoms with E-state index in [1.165, 1.54) is 4.68 Å². The summed E-state index contributed by atoms with van der Waals surface area (Å²) in [5.41, 5.74) is 2.62. The second-order valence-electron chi connectivity index (χ2n) is 5.32. The zero-order chi connectivity index (χ0) is 16.3. The first-order valence-electron chi connectivity index (χ1n) is 8.03. The van der Waals surface area contributed by atoms with Gasteiger partial charge in [-0.2, -0.15) is 5.10 Å². The van der Waals surface area contributed by atoms with Gasteiger partial charge < -0.3 is 12.5 Å². The molecule has 0 unspecified atom stereocenters. The van der Waals surface area contributed by atoms with Gasteiger partial charge >= 0.3 is 0 Å². The summed E-state index contributed by atoms with van der Waals surface area (Å²) in [5, 5.41) is 14.8. The van der Waals surface area contributed by atoms with Crippen LogP contribution in [0.5, 0.6) is 5.75 Å². The second kappa shape index (κ2) is 10.1. The zero-order valence-electron chi connectivity index (χ0n) is 15.3. The van der Waals surface area contributed by atoms with Crippen molar-refractivity contribution in [1.29, 1.82) is 0 Å². The van der Waals surface area contributed by atoms with Crippen LogP contribution in [0.3, 0.4) is 0 Å². The van der Waals surface area contributed by atoms with Gasteiger partial charge in [0.2, 0.25) is 0 Å². The van der Waals surface area contributed by atoms with Crippen molar-refractivity contribution in [2.45, 2.75) is 53.0 Å². The number of aromatic hydroxyl groups is 1. The molecule has 1 N–H and O–H groups in total. The van der Waals surface area contributed by atoms with E-state index in [1.807, 2.05) is 52.0 Å². The van der Waals surface area contributed by atoms with Gasteiger partial charge in [-0.05, 0) is 37.8 Å². The van der Waals surface area contributed by atoms with E-state index in [1.54, 1.807) is 0 Å². The Balaban J connectivity index is 0.00000128. The van der Waals surface area contributed by atoms with Crippen molar-refractivity contribution in [2.75, 3.05) is 0 Å². The van der Waals surface area contributed by atoms with Crippen LogP contribution in [0, 0.1) is 14.4 Å². The molecule has 4 nitrogen and oxygen atoms in total. The summed E-state index contributed by atoms with van der Waals surface area (Å²) in [7, 11) is 0. The summed E-state index contributed by atoms with van der Waals surface area (Å²) in [6, 6.07) is 7.64. The third kappa shape index (κ3) is 4.54. The van der Waals surface area contributed by atoms with Crippen LogP contribution in [-0.4, -0.2) is 14.9 Å². The molecule has 1 aromatic carbocycles. The van der Waals surface area contributed by atoms with Gasteiger partial charge in [0.15, 0.2) is 5.75 Å². The van der Waals surface area contributed by atoms with Crippen molar-refractivity contribution >= 4 is 0 Å². The first kappa shape index (κ1) is 23.0. The minimum absolute atomic E-state index is 0. The Hall–Kier alpha value is -0.996. The monoisotopic (exact) mass is 404 g/mol. The molecule has 1 heterocycles. The molecule has 24 heavy (non-hydrogen) atoms. The fourth-order valence-electron chi connectivity index (χ4n) is 2.52. The molecule has 0 spiro atoms. The van der Waals surface area contributed by atoms with E-state index in [0.717, 1.165) is 24.0 Å². The van der Waals surface area contributed by atoms with E-state index in [-0.39, 0.29) is 51.4 Å². The third-order valence-corrected chi connectivity index (χ3v) is 3.83. The molecule has 1 saturated carbocycles. The van der Waals surface area contributed by atoms with Gasteiger partial charge in [-0.25, -0.2) is 4.68 Å². The van der Waals surface area contributed by atoms with Crippen molar-refractivity contribution in [3.05, 3.63) is 53.3 Å². The molecule has 0 bridgehead atoms. The Morgan fingerprint density at radius 3 is 2.33 bits per heavy atom. The minimum atomic E-state index is -0.219. The fourth-order valence-corrected chi connectivity index (χ4v) is 2.52. The van der Waals surface area contributed by atoms with Crippen molar-refractivity contribution < 1.29 is 37.8 Å². The maximum absolute atomic E-state index is 12.5. The van der Waals surface area contributed by atoms with Gasteiger partial charge in [0.05, 0.1) is 5.56 Å². The standard InChI is InChI=1S/C16H18N2O2.C2H6.CH3.Y/c1-3-18-16(20)13(12-7-5-4-6-10(12)2)15(19)14(17-18)11-8-9-11;1-2;;/h4-7,11,19H,3,8-9H2,1-2H3;1-2H3;1H3;/q;;-1;. The Labute approximate surface area is 170 Å². The maximum atomic E-state index is 12.5. The average Bonchev–Trinajstić information content (AvgIpc) is 3.36. The Kier molecular flexibility index (Phi) is 9.68. The van der Waals surface area contributed by atoms with E-state index in [9.17, 15) is 9.90 Å². The summed E-state index contributed by atoms with van der Waals surface area (Å²) in [5.74, 6) is 0.368. The predicted octanol–water partition coefficient (Wildman–Crippen LogP) is 4.30. The molecule has 3 rings (SSSR count). The van der Waals surface area contributed by atoms with Crippen LogP contribution < -0.4 is 5.56 Å². The molecule has 129 valence electrons. The molecule has 1 aromatic heterocycles. The largest absolute Gasteiger partial charge is 0.505 e. The van der Waals surface area contributed by atoms with E-state index in [0.29, 0.717) is 23.7 Å². The van der Waals surface area contributed by atoms with Crippen LogP contribution in [0.15, 0.2) is 29.1 Å². The third-order valence-electron chi connectivity index (χ3n) is 3.83. The predicted molar refractivity (Wildman–Crippen MR) is 95.7 cm³/mol. The van der Waals surface area contributed by atoms with Crippen molar-refractivity contribution in [3.8, 4) is 16.9 Å². The number of rotatable bonds is 3. The zero-order valence-corrected chi connectivity index (χ0v) is 18.2. The van der Waals surface area contributed by atoms with Crippen molar-refractivity contribution in [3.63, 3.8) is 0 Å². The first-order valence-corrected chi connectivity index (χ1v) is 8.03. The first-order chi connectivity index (χ1) is 10.6. The summed E-state index contributed by atoms with van der Waals surface area (Å²) in [6.45, 7) is 8.35. The fraction of sp³-hybridized carbons (Fsp3) is 0.421. The maximum Gasteiger partial charge on any atom is 0.278 e. The van der Waals surface area contributed by atoms with Gasteiger partial charge in [-0.1, -0.05) is 38.1 Å². The number of aryl methyl sites for hydroxylation is 2. The SMILES string of the molecule is CC.CCn1nc(C2CC2)c(O)c(-c2ccccc2C)c1=O.[CH3-].[Y]. The molecule has 1 radical (unpaired) electrons. The normalized spacial score (nSPS) is 12.3. The molecular weight excluding hydrogens is 377 g/mol. The number of nitrogens with zero attached hydrogens (tertiary/aromatic N) is 2. The van der Waals surface area contributed by atoms with E-state index in [4.69, 9.17) is 0 Å². The number of hydrogen-bond acceptors (Lipinski definition) is 3. The summed E-state index contributed by atoms with van der Waals surface area (Å²) in [6.07, 6.45) is 2.07. The number of aromatic nitrogens is 2. The molecule has 1 aliphatic carbocycles. The van der Waals surface area contributed by atoms with Crippen LogP contribution in [0.4, 0.5) is 0 Å². The number of hydrogen-bond donors (Lipinski definition) is 1. The van der Waals surface area contributed by atoms with Crippen LogP contribution in [0.25, 0.3) is 11.1 Å².